The summed E-state index contributed by atoms with van der Waals surface area (Å²) < 4.78 is 66.4. The summed E-state index contributed by atoms with van der Waals surface area (Å²) in [5.41, 5.74) is 2.51. The molecule has 0 saturated carbocycles. The summed E-state index contributed by atoms with van der Waals surface area (Å²) in [4.78, 5) is 9.92. The Labute approximate surface area is 183 Å². The zero-order valence-corrected chi connectivity index (χ0v) is 18.4. The predicted molar refractivity (Wildman–Crippen MR) is 113 cm³/mol. The third-order valence-corrected chi connectivity index (χ3v) is 7.76. The minimum atomic E-state index is -4.88. The summed E-state index contributed by atoms with van der Waals surface area (Å²) in [6.45, 7) is 2.83. The molecule has 0 bridgehead atoms. The lowest BCUT2D eigenvalue weighted by atomic mass is 9.99. The van der Waals surface area contributed by atoms with E-state index in [0.717, 1.165) is 12.4 Å². The fourth-order valence-electron chi connectivity index (χ4n) is 3.28. The Bertz CT molecular complexity index is 1040. The van der Waals surface area contributed by atoms with E-state index < -0.39 is 27.4 Å². The van der Waals surface area contributed by atoms with E-state index >= 15 is 0 Å². The van der Waals surface area contributed by atoms with Crippen molar-refractivity contribution in [2.24, 2.45) is 5.73 Å². The van der Waals surface area contributed by atoms with Crippen molar-refractivity contribution in [1.82, 2.24) is 14.3 Å². The molecule has 0 spiro atoms. The molecule has 2 heterocycles. The van der Waals surface area contributed by atoms with Gasteiger partial charge in [0.05, 0.1) is 4.91 Å². The molecule has 13 heteroatoms. The molecular formula is C18H22F3N5O3S2. The molecule has 1 saturated heterocycles. The Morgan fingerprint density at radius 1 is 1.26 bits per heavy atom. The maximum Gasteiger partial charge on any atom is 0.421 e. The second-order valence-electron chi connectivity index (χ2n) is 7.59. The van der Waals surface area contributed by atoms with Crippen LogP contribution in [0, 0.1) is 0 Å². The Kier molecular flexibility index (Phi) is 6.17. The van der Waals surface area contributed by atoms with Gasteiger partial charge >= 0.3 is 6.18 Å². The first-order chi connectivity index (χ1) is 14.2. The summed E-state index contributed by atoms with van der Waals surface area (Å²) in [6.07, 6.45) is 0.255. The van der Waals surface area contributed by atoms with Gasteiger partial charge in [-0.25, -0.2) is 18.4 Å². The van der Waals surface area contributed by atoms with Gasteiger partial charge in [0.15, 0.2) is 5.60 Å². The molecule has 31 heavy (non-hydrogen) atoms. The quantitative estimate of drug-likeness (QED) is 0.629. The molecule has 0 radical (unpaired) electrons. The van der Waals surface area contributed by atoms with Crippen LogP contribution in [0.5, 0.6) is 0 Å². The van der Waals surface area contributed by atoms with Gasteiger partial charge in [0.25, 0.3) is 0 Å². The number of piperazine rings is 1. The van der Waals surface area contributed by atoms with Crippen LogP contribution in [0.3, 0.4) is 0 Å². The normalized spacial score (nSPS) is 23.2. The van der Waals surface area contributed by atoms with E-state index in [1.165, 1.54) is 10.4 Å². The Balaban J connectivity index is 1.76. The van der Waals surface area contributed by atoms with E-state index in [2.05, 4.69) is 9.97 Å². The van der Waals surface area contributed by atoms with Crippen LogP contribution in [-0.4, -0.2) is 64.5 Å². The fourth-order valence-corrected chi connectivity index (χ4v) is 5.41. The van der Waals surface area contributed by atoms with Crippen LogP contribution < -0.4 is 10.6 Å². The molecule has 1 fully saturated rings. The van der Waals surface area contributed by atoms with Gasteiger partial charge in [0.2, 0.25) is 16.0 Å². The van der Waals surface area contributed by atoms with Gasteiger partial charge in [-0.05, 0) is 19.9 Å². The maximum atomic E-state index is 13.0. The molecule has 3 N–H and O–H groups in total. The highest BCUT2D eigenvalue weighted by atomic mass is 32.2. The van der Waals surface area contributed by atoms with E-state index in [-0.39, 0.29) is 43.0 Å². The molecule has 2 atom stereocenters. The van der Waals surface area contributed by atoms with Crippen LogP contribution in [0.25, 0.3) is 0 Å². The molecule has 3 rings (SSSR count). The highest BCUT2D eigenvalue weighted by molar-refractivity contribution is 7.96. The van der Waals surface area contributed by atoms with Crippen LogP contribution in [0.4, 0.5) is 19.1 Å². The molecule has 0 aromatic carbocycles. The topological polar surface area (TPSA) is 113 Å². The van der Waals surface area contributed by atoms with Crippen molar-refractivity contribution in [1.29, 1.82) is 0 Å². The Morgan fingerprint density at radius 3 is 2.42 bits per heavy atom. The van der Waals surface area contributed by atoms with Gasteiger partial charge in [-0.2, -0.15) is 17.5 Å². The number of aromatic nitrogens is 2. The SMILES string of the molecule is C[C@H]1CN(S(=O)(=O)C2=CC(N)=CCC2=S)CCN1c1ncc(C(C)(O)C(F)(F)F)cn1. The number of sulfonamides is 1. The van der Waals surface area contributed by atoms with E-state index in [1.54, 1.807) is 17.9 Å². The number of aliphatic hydroxyl groups is 1. The summed E-state index contributed by atoms with van der Waals surface area (Å²) in [5.74, 6) is 0.144. The van der Waals surface area contributed by atoms with Gasteiger partial charge in [0, 0.05) is 60.6 Å². The number of rotatable bonds is 4. The van der Waals surface area contributed by atoms with Crippen molar-refractivity contribution in [2.75, 3.05) is 24.5 Å². The van der Waals surface area contributed by atoms with Crippen molar-refractivity contribution >= 4 is 33.1 Å². The van der Waals surface area contributed by atoms with Crippen LogP contribution in [0.15, 0.2) is 35.1 Å². The van der Waals surface area contributed by atoms with Gasteiger partial charge < -0.3 is 15.7 Å². The predicted octanol–water partition coefficient (Wildman–Crippen LogP) is 1.59. The molecule has 1 aliphatic heterocycles. The van der Waals surface area contributed by atoms with Crippen molar-refractivity contribution in [3.8, 4) is 0 Å². The summed E-state index contributed by atoms with van der Waals surface area (Å²) in [6, 6.07) is -0.358. The van der Waals surface area contributed by atoms with Crippen molar-refractivity contribution in [2.45, 2.75) is 38.1 Å². The van der Waals surface area contributed by atoms with E-state index in [0.29, 0.717) is 17.5 Å². The number of nitrogens with zero attached hydrogens (tertiary/aromatic N) is 4. The third-order valence-electron chi connectivity index (χ3n) is 5.31. The van der Waals surface area contributed by atoms with Crippen molar-refractivity contribution < 1.29 is 26.7 Å². The van der Waals surface area contributed by atoms with Gasteiger partial charge in [-0.15, -0.1) is 0 Å². The van der Waals surface area contributed by atoms with E-state index in [4.69, 9.17) is 18.0 Å². The highest BCUT2D eigenvalue weighted by Crippen LogP contribution is 2.38. The van der Waals surface area contributed by atoms with E-state index in [1.807, 2.05) is 0 Å². The van der Waals surface area contributed by atoms with Crippen LogP contribution in [-0.2, 0) is 15.6 Å². The average Bonchev–Trinajstić information content (AvgIpc) is 2.69. The number of hydrogen-bond donors (Lipinski definition) is 2. The van der Waals surface area contributed by atoms with Crippen molar-refractivity contribution in [3.05, 3.63) is 40.7 Å². The number of halogens is 3. The fraction of sp³-hybridized carbons (Fsp3) is 0.500. The third kappa shape index (κ3) is 4.45. The number of allylic oxidation sites excluding steroid dienone is 3. The van der Waals surface area contributed by atoms with Gasteiger partial charge in [-0.1, -0.05) is 18.3 Å². The van der Waals surface area contributed by atoms with Crippen molar-refractivity contribution in [3.63, 3.8) is 0 Å². The van der Waals surface area contributed by atoms with Gasteiger partial charge in [0.1, 0.15) is 0 Å². The summed E-state index contributed by atoms with van der Waals surface area (Å²) in [5, 5.41) is 9.74. The number of nitrogens with two attached hydrogens (primary N) is 1. The molecule has 1 unspecified atom stereocenters. The number of thiocarbonyl (C=S) groups is 1. The molecule has 0 amide bonds. The van der Waals surface area contributed by atoms with Crippen LogP contribution >= 0.6 is 12.2 Å². The zero-order chi connectivity index (χ0) is 23.2. The molecule has 1 aliphatic carbocycles. The first kappa shape index (κ1) is 23.6. The summed E-state index contributed by atoms with van der Waals surface area (Å²) >= 11 is 5.19. The number of alkyl halides is 3. The maximum absolute atomic E-state index is 13.0. The molecule has 2 aliphatic rings. The summed E-state index contributed by atoms with van der Waals surface area (Å²) in [7, 11) is -3.84. The minimum absolute atomic E-state index is 0.0122. The average molecular weight is 478 g/mol. The Hall–Kier alpha value is -2.09. The van der Waals surface area contributed by atoms with Crippen LogP contribution in [0.1, 0.15) is 25.8 Å². The monoisotopic (exact) mass is 477 g/mol. The second kappa shape index (κ2) is 8.11. The van der Waals surface area contributed by atoms with E-state index in [9.17, 15) is 26.7 Å². The second-order valence-corrected chi connectivity index (χ2v) is 9.99. The minimum Gasteiger partial charge on any atom is -0.399 e. The first-order valence-corrected chi connectivity index (χ1v) is 11.2. The number of hydrogen-bond acceptors (Lipinski definition) is 8. The molecular weight excluding hydrogens is 455 g/mol. The lowest BCUT2D eigenvalue weighted by Gasteiger charge is -2.39. The molecule has 1 aromatic rings. The largest absolute Gasteiger partial charge is 0.421 e. The molecule has 1 aromatic heterocycles. The standard InChI is InChI=1S/C18H22F3N5O3S2/c1-11-10-25(31(28,29)15-7-13(22)3-4-14(15)30)5-6-26(11)16-23-8-12(9-24-16)17(2,27)18(19,20)21/h3,7-9,11,27H,4-6,10,22H2,1-2H3/t11-,17?/m0/s1. The smallest absolute Gasteiger partial charge is 0.399 e. The van der Waals surface area contributed by atoms with Gasteiger partial charge in [-0.3, -0.25) is 0 Å². The Morgan fingerprint density at radius 2 is 1.87 bits per heavy atom. The highest BCUT2D eigenvalue weighted by Gasteiger charge is 2.51. The number of anilines is 1. The van der Waals surface area contributed by atoms with Crippen LogP contribution in [0.2, 0.25) is 0 Å². The molecule has 8 nitrogen and oxygen atoms in total. The lowest BCUT2D eigenvalue weighted by molar-refractivity contribution is -0.259. The zero-order valence-electron chi connectivity index (χ0n) is 16.8. The molecule has 170 valence electrons. The first-order valence-electron chi connectivity index (χ1n) is 9.34. The lowest BCUT2D eigenvalue weighted by Crippen LogP contribution is -2.54.